The van der Waals surface area contributed by atoms with Crippen molar-refractivity contribution in [2.75, 3.05) is 24.5 Å². The number of aliphatic hydroxyl groups is 1. The van der Waals surface area contributed by atoms with Gasteiger partial charge >= 0.3 is 0 Å². The number of piperidine rings is 1. The van der Waals surface area contributed by atoms with Crippen molar-refractivity contribution in [2.45, 2.75) is 76.5 Å². The maximum absolute atomic E-state index is 10.9. The van der Waals surface area contributed by atoms with E-state index in [-0.39, 0.29) is 11.6 Å². The summed E-state index contributed by atoms with van der Waals surface area (Å²) in [6.07, 6.45) is 8.50. The normalized spacial score (nSPS) is 32.5. The van der Waals surface area contributed by atoms with Crippen LogP contribution in [0, 0.1) is 11.8 Å². The van der Waals surface area contributed by atoms with Gasteiger partial charge in [-0.2, -0.15) is 0 Å². The Morgan fingerprint density at radius 1 is 0.923 bits per heavy atom. The predicted molar refractivity (Wildman–Crippen MR) is 109 cm³/mol. The Balaban J connectivity index is 1.40. The molecular formula is C23H36N2O. The van der Waals surface area contributed by atoms with Gasteiger partial charge in [0.25, 0.3) is 0 Å². The summed E-state index contributed by atoms with van der Waals surface area (Å²) < 4.78 is 0. The summed E-state index contributed by atoms with van der Waals surface area (Å²) in [6, 6.07) is 11.5. The molecular weight excluding hydrogens is 320 g/mol. The Hall–Kier alpha value is -1.06. The molecule has 0 bridgehead atoms. The van der Waals surface area contributed by atoms with Crippen molar-refractivity contribution in [3.05, 3.63) is 30.3 Å². The number of hydrogen-bond acceptors (Lipinski definition) is 3. The summed E-state index contributed by atoms with van der Waals surface area (Å²) in [5.74, 6) is 1.78. The molecule has 2 heterocycles. The molecule has 1 N–H and O–H groups in total. The molecule has 1 aliphatic carbocycles. The molecule has 3 fully saturated rings. The highest BCUT2D eigenvalue weighted by molar-refractivity contribution is 5.51. The predicted octanol–water partition coefficient (Wildman–Crippen LogP) is 4.31. The van der Waals surface area contributed by atoms with Gasteiger partial charge in [-0.1, -0.05) is 32.0 Å². The Bertz CT molecular complexity index is 571. The van der Waals surface area contributed by atoms with Gasteiger partial charge in [0.15, 0.2) is 0 Å². The molecule has 0 radical (unpaired) electrons. The van der Waals surface area contributed by atoms with E-state index in [1.54, 1.807) is 0 Å². The number of hydrogen-bond donors (Lipinski definition) is 1. The highest BCUT2D eigenvalue weighted by atomic mass is 16.3. The van der Waals surface area contributed by atoms with Crippen LogP contribution in [0.2, 0.25) is 0 Å². The zero-order valence-corrected chi connectivity index (χ0v) is 16.6. The third-order valence-electron chi connectivity index (χ3n) is 7.72. The third kappa shape index (κ3) is 3.29. The highest BCUT2D eigenvalue weighted by Crippen LogP contribution is 2.43. The number of likely N-dealkylation sites (tertiary alicyclic amines) is 1. The van der Waals surface area contributed by atoms with Gasteiger partial charge in [0.05, 0.1) is 11.6 Å². The van der Waals surface area contributed by atoms with Gasteiger partial charge in [-0.15, -0.1) is 0 Å². The highest BCUT2D eigenvalue weighted by Gasteiger charge is 2.50. The van der Waals surface area contributed by atoms with Crippen LogP contribution in [0.4, 0.5) is 5.69 Å². The number of aliphatic hydroxyl groups excluding tert-OH is 1. The van der Waals surface area contributed by atoms with Gasteiger partial charge in [-0.05, 0) is 68.9 Å². The van der Waals surface area contributed by atoms with Gasteiger partial charge in [-0.25, -0.2) is 0 Å². The fraction of sp³-hybridized carbons (Fsp3) is 0.739. The maximum atomic E-state index is 10.9. The number of anilines is 1. The van der Waals surface area contributed by atoms with Crippen molar-refractivity contribution < 1.29 is 5.11 Å². The van der Waals surface area contributed by atoms with E-state index in [0.717, 1.165) is 56.8 Å². The van der Waals surface area contributed by atoms with Crippen molar-refractivity contribution >= 4 is 5.69 Å². The van der Waals surface area contributed by atoms with Crippen LogP contribution >= 0.6 is 0 Å². The molecule has 1 aromatic carbocycles. The molecule has 0 aromatic heterocycles. The zero-order chi connectivity index (χ0) is 18.1. The minimum absolute atomic E-state index is 0.0347. The van der Waals surface area contributed by atoms with Crippen LogP contribution in [-0.2, 0) is 0 Å². The van der Waals surface area contributed by atoms with Gasteiger partial charge in [0.2, 0.25) is 0 Å². The fourth-order valence-electron chi connectivity index (χ4n) is 5.93. The minimum atomic E-state index is -0.179. The number of nitrogens with zero attached hydrogens (tertiary/aromatic N) is 2. The quantitative estimate of drug-likeness (QED) is 0.874. The zero-order valence-electron chi connectivity index (χ0n) is 16.6. The monoisotopic (exact) mass is 356 g/mol. The fourth-order valence-corrected chi connectivity index (χ4v) is 5.93. The summed E-state index contributed by atoms with van der Waals surface area (Å²) in [4.78, 5) is 5.26. The van der Waals surface area contributed by atoms with Crippen molar-refractivity contribution in [3.8, 4) is 0 Å². The van der Waals surface area contributed by atoms with E-state index < -0.39 is 0 Å². The Morgan fingerprint density at radius 2 is 1.58 bits per heavy atom. The van der Waals surface area contributed by atoms with Crippen LogP contribution in [0.5, 0.6) is 0 Å². The van der Waals surface area contributed by atoms with E-state index in [0.29, 0.717) is 0 Å². The number of benzene rings is 1. The number of para-hydroxylation sites is 1. The summed E-state index contributed by atoms with van der Waals surface area (Å²) in [7, 11) is 0. The van der Waals surface area contributed by atoms with E-state index in [1.165, 1.54) is 31.4 Å². The van der Waals surface area contributed by atoms with Crippen LogP contribution in [0.3, 0.4) is 0 Å². The lowest BCUT2D eigenvalue weighted by atomic mass is 9.77. The van der Waals surface area contributed by atoms with Gasteiger partial charge < -0.3 is 14.9 Å². The first-order valence-electron chi connectivity index (χ1n) is 10.8. The van der Waals surface area contributed by atoms with Gasteiger partial charge in [0.1, 0.15) is 0 Å². The van der Waals surface area contributed by atoms with E-state index in [4.69, 9.17) is 0 Å². The van der Waals surface area contributed by atoms with Crippen LogP contribution in [0.25, 0.3) is 0 Å². The van der Waals surface area contributed by atoms with Crippen molar-refractivity contribution in [2.24, 2.45) is 11.8 Å². The van der Waals surface area contributed by atoms with E-state index in [9.17, 15) is 5.11 Å². The molecule has 0 amide bonds. The largest absolute Gasteiger partial charge is 0.391 e. The molecule has 1 saturated carbocycles. The molecule has 3 aliphatic rings. The first kappa shape index (κ1) is 18.3. The minimum Gasteiger partial charge on any atom is -0.391 e. The molecule has 1 aromatic rings. The third-order valence-corrected chi connectivity index (χ3v) is 7.72. The lowest BCUT2D eigenvalue weighted by molar-refractivity contribution is 0.0290. The molecule has 144 valence electrons. The maximum Gasteiger partial charge on any atom is 0.0789 e. The van der Waals surface area contributed by atoms with E-state index in [1.807, 2.05) is 0 Å². The molecule has 1 spiro atoms. The van der Waals surface area contributed by atoms with Gasteiger partial charge in [-0.3, -0.25) is 0 Å². The second-order valence-corrected chi connectivity index (χ2v) is 9.24. The molecule has 3 heteroatoms. The van der Waals surface area contributed by atoms with Crippen molar-refractivity contribution in [1.29, 1.82) is 0 Å². The van der Waals surface area contributed by atoms with Crippen molar-refractivity contribution in [3.63, 3.8) is 0 Å². The Morgan fingerprint density at radius 3 is 2.19 bits per heavy atom. The van der Waals surface area contributed by atoms with Crippen LogP contribution in [0.1, 0.15) is 58.8 Å². The molecule has 3 nitrogen and oxygen atoms in total. The lowest BCUT2D eigenvalue weighted by Crippen LogP contribution is -2.59. The Kier molecular flexibility index (Phi) is 5.29. The lowest BCUT2D eigenvalue weighted by Gasteiger charge is -2.50. The summed E-state index contributed by atoms with van der Waals surface area (Å²) in [6.45, 7) is 8.06. The van der Waals surface area contributed by atoms with E-state index in [2.05, 4.69) is 54.0 Å². The summed E-state index contributed by atoms with van der Waals surface area (Å²) >= 11 is 0. The molecule has 2 aliphatic heterocycles. The summed E-state index contributed by atoms with van der Waals surface area (Å²) in [5.41, 5.74) is 1.25. The van der Waals surface area contributed by atoms with Crippen LogP contribution in [0.15, 0.2) is 30.3 Å². The standard InChI is InChI=1S/C23H36N2O/c1-18(2)19-8-10-20(11-9-19)24-16-13-23(14-17-24)22(26)12-15-25(23)21-6-4-3-5-7-21/h3-7,18-20,22,26H,8-17H2,1-2H3/t19-,20+,22-/m0/s1. The average Bonchev–Trinajstić information content (AvgIpc) is 2.99. The molecule has 0 unspecified atom stereocenters. The van der Waals surface area contributed by atoms with Gasteiger partial charge in [0, 0.05) is 31.4 Å². The van der Waals surface area contributed by atoms with E-state index >= 15 is 0 Å². The molecule has 2 saturated heterocycles. The topological polar surface area (TPSA) is 26.7 Å². The van der Waals surface area contributed by atoms with Crippen molar-refractivity contribution in [1.82, 2.24) is 4.90 Å². The van der Waals surface area contributed by atoms with Crippen LogP contribution < -0.4 is 4.90 Å². The van der Waals surface area contributed by atoms with Crippen LogP contribution in [-0.4, -0.2) is 47.3 Å². The SMILES string of the molecule is CC(C)[C@H]1CC[C@@H](N2CCC3(CC2)[C@@H](O)CCN3c2ccccc2)CC1. The average molecular weight is 357 g/mol. The Labute approximate surface area is 159 Å². The smallest absolute Gasteiger partial charge is 0.0789 e. The molecule has 1 atom stereocenters. The number of rotatable bonds is 3. The molecule has 26 heavy (non-hydrogen) atoms. The second-order valence-electron chi connectivity index (χ2n) is 9.24. The second kappa shape index (κ2) is 7.52. The molecule has 4 rings (SSSR count). The first-order valence-corrected chi connectivity index (χ1v) is 10.8. The summed E-state index contributed by atoms with van der Waals surface area (Å²) in [5, 5.41) is 10.9. The first-order chi connectivity index (χ1) is 12.6.